The molecule has 1 aromatic heterocycles. The normalized spacial score (nSPS) is 11.0. The summed E-state index contributed by atoms with van der Waals surface area (Å²) in [5.41, 5.74) is 1.36. The van der Waals surface area contributed by atoms with Crippen molar-refractivity contribution < 1.29 is 14.3 Å². The first-order valence-corrected chi connectivity index (χ1v) is 7.11. The zero-order valence-electron chi connectivity index (χ0n) is 11.8. The molecule has 0 radical (unpaired) electrons. The lowest BCUT2D eigenvalue weighted by atomic mass is 10.1. The Labute approximate surface area is 127 Å². The number of methoxy groups -OCH3 is 1. The second-order valence-electron chi connectivity index (χ2n) is 4.20. The fourth-order valence-corrected chi connectivity index (χ4v) is 2.28. The summed E-state index contributed by atoms with van der Waals surface area (Å²) < 4.78 is 10.3. The molecular formula is C16H15NO3S. The predicted molar refractivity (Wildman–Crippen MR) is 83.1 cm³/mol. The van der Waals surface area contributed by atoms with Crippen LogP contribution in [0.1, 0.15) is 10.7 Å². The highest BCUT2D eigenvalue weighted by Crippen LogP contribution is 2.24. The molecule has 2 rings (SSSR count). The monoisotopic (exact) mass is 301 g/mol. The topological polar surface area (TPSA) is 48.4 Å². The van der Waals surface area contributed by atoms with Crippen LogP contribution < -0.4 is 4.74 Å². The van der Waals surface area contributed by atoms with E-state index in [0.717, 1.165) is 5.01 Å². The first kappa shape index (κ1) is 15.0. The zero-order chi connectivity index (χ0) is 15.2. The van der Waals surface area contributed by atoms with Crippen LogP contribution in [0.5, 0.6) is 5.75 Å². The highest BCUT2D eigenvalue weighted by atomic mass is 32.1. The van der Waals surface area contributed by atoms with E-state index >= 15 is 0 Å². The maximum absolute atomic E-state index is 12.3. The molecule has 0 N–H and O–H groups in total. The number of para-hydroxylation sites is 1. The number of carbonyl (C=O) groups is 1. The number of benzene rings is 1. The maximum atomic E-state index is 12.3. The minimum absolute atomic E-state index is 0.242. The average Bonchev–Trinajstić information content (AvgIpc) is 2.91. The Morgan fingerprint density at radius 3 is 2.62 bits per heavy atom. The first-order chi connectivity index (χ1) is 10.1. The van der Waals surface area contributed by atoms with Crippen LogP contribution in [0.2, 0.25) is 0 Å². The van der Waals surface area contributed by atoms with Crippen LogP contribution in [-0.2, 0) is 9.53 Å². The standard InChI is InChI=1S/C16H15NO3S/c1-11(15-10-21-12(2)17-15)14(9-19-3)16(18)20-13-7-5-4-6-8-13/h4-10H,1H2,2-3H3. The fraction of sp³-hybridized carbons (Fsp3) is 0.125. The van der Waals surface area contributed by atoms with Crippen molar-refractivity contribution in [2.24, 2.45) is 0 Å². The second-order valence-corrected chi connectivity index (χ2v) is 5.26. The van der Waals surface area contributed by atoms with Crippen LogP contribution in [0, 0.1) is 6.92 Å². The van der Waals surface area contributed by atoms with Gasteiger partial charge in [-0.1, -0.05) is 24.8 Å². The van der Waals surface area contributed by atoms with Crippen molar-refractivity contribution in [2.45, 2.75) is 6.92 Å². The summed E-state index contributed by atoms with van der Waals surface area (Å²) in [5.74, 6) is -0.0644. The number of esters is 1. The molecule has 4 nitrogen and oxygen atoms in total. The Bertz CT molecular complexity index is 674. The average molecular weight is 301 g/mol. The van der Waals surface area contributed by atoms with Gasteiger partial charge >= 0.3 is 5.97 Å². The lowest BCUT2D eigenvalue weighted by Crippen LogP contribution is -2.13. The van der Waals surface area contributed by atoms with Gasteiger partial charge in [0, 0.05) is 11.0 Å². The fourth-order valence-electron chi connectivity index (χ4n) is 1.65. The Balaban J connectivity index is 2.21. The summed E-state index contributed by atoms with van der Waals surface area (Å²) in [6.45, 7) is 5.81. The van der Waals surface area contributed by atoms with E-state index in [0.29, 0.717) is 17.0 Å². The third-order valence-corrected chi connectivity index (χ3v) is 3.44. The molecule has 0 aliphatic heterocycles. The lowest BCUT2D eigenvalue weighted by molar-refractivity contribution is -0.129. The molecule has 0 amide bonds. The Hall–Kier alpha value is -2.40. The molecule has 108 valence electrons. The van der Waals surface area contributed by atoms with E-state index in [1.807, 2.05) is 18.4 Å². The Morgan fingerprint density at radius 2 is 2.05 bits per heavy atom. The molecule has 0 aliphatic carbocycles. The number of rotatable bonds is 5. The molecule has 0 atom stereocenters. The van der Waals surface area contributed by atoms with Crippen molar-refractivity contribution in [3.8, 4) is 5.75 Å². The predicted octanol–water partition coefficient (Wildman–Crippen LogP) is 3.60. The molecular weight excluding hydrogens is 286 g/mol. The van der Waals surface area contributed by atoms with E-state index in [-0.39, 0.29) is 5.57 Å². The third kappa shape index (κ3) is 3.79. The SMILES string of the molecule is C=C(C(=COC)C(=O)Oc1ccccc1)c1csc(C)n1. The summed E-state index contributed by atoms with van der Waals surface area (Å²) in [4.78, 5) is 16.6. The van der Waals surface area contributed by atoms with Crippen molar-refractivity contribution in [3.05, 3.63) is 64.8 Å². The molecule has 0 bridgehead atoms. The summed E-state index contributed by atoms with van der Waals surface area (Å²) in [6.07, 6.45) is 1.32. The summed E-state index contributed by atoms with van der Waals surface area (Å²) in [5, 5.41) is 2.75. The highest BCUT2D eigenvalue weighted by Gasteiger charge is 2.19. The van der Waals surface area contributed by atoms with Gasteiger partial charge < -0.3 is 9.47 Å². The van der Waals surface area contributed by atoms with Crippen LogP contribution in [0.15, 0.2) is 54.1 Å². The number of carbonyl (C=O) groups excluding carboxylic acids is 1. The number of thiazole rings is 1. The molecule has 0 aliphatic rings. The molecule has 0 unspecified atom stereocenters. The lowest BCUT2D eigenvalue weighted by Gasteiger charge is -2.09. The van der Waals surface area contributed by atoms with E-state index in [9.17, 15) is 4.79 Å². The van der Waals surface area contributed by atoms with Crippen LogP contribution in [0.4, 0.5) is 0 Å². The van der Waals surface area contributed by atoms with E-state index < -0.39 is 5.97 Å². The molecule has 0 saturated carbocycles. The number of ether oxygens (including phenoxy) is 2. The Morgan fingerprint density at radius 1 is 1.33 bits per heavy atom. The first-order valence-electron chi connectivity index (χ1n) is 6.23. The number of aryl methyl sites for hydroxylation is 1. The van der Waals surface area contributed by atoms with Crippen molar-refractivity contribution in [1.82, 2.24) is 4.98 Å². The number of nitrogens with zero attached hydrogens (tertiary/aromatic N) is 1. The largest absolute Gasteiger partial charge is 0.503 e. The second kappa shape index (κ2) is 6.85. The molecule has 0 spiro atoms. The van der Waals surface area contributed by atoms with Gasteiger partial charge in [-0.15, -0.1) is 11.3 Å². The number of hydrogen-bond donors (Lipinski definition) is 0. The molecule has 2 aromatic rings. The van der Waals surface area contributed by atoms with Gasteiger partial charge in [0.15, 0.2) is 0 Å². The van der Waals surface area contributed by atoms with Crippen LogP contribution in [0.3, 0.4) is 0 Å². The maximum Gasteiger partial charge on any atom is 0.347 e. The Kier molecular flexibility index (Phi) is 4.90. The molecule has 0 fully saturated rings. The molecule has 0 saturated heterocycles. The van der Waals surface area contributed by atoms with Gasteiger partial charge in [0.1, 0.15) is 11.3 Å². The van der Waals surface area contributed by atoms with Gasteiger partial charge in [0.2, 0.25) is 0 Å². The van der Waals surface area contributed by atoms with Crippen molar-refractivity contribution in [3.63, 3.8) is 0 Å². The minimum atomic E-state index is -0.529. The van der Waals surface area contributed by atoms with Gasteiger partial charge in [-0.2, -0.15) is 0 Å². The van der Waals surface area contributed by atoms with Crippen molar-refractivity contribution in [2.75, 3.05) is 7.11 Å². The highest BCUT2D eigenvalue weighted by molar-refractivity contribution is 7.09. The molecule has 1 heterocycles. The summed E-state index contributed by atoms with van der Waals surface area (Å²) in [7, 11) is 1.47. The van der Waals surface area contributed by atoms with Crippen molar-refractivity contribution in [1.29, 1.82) is 0 Å². The van der Waals surface area contributed by atoms with Crippen LogP contribution in [0.25, 0.3) is 5.57 Å². The van der Waals surface area contributed by atoms with E-state index in [4.69, 9.17) is 9.47 Å². The van der Waals surface area contributed by atoms with Crippen molar-refractivity contribution >= 4 is 22.9 Å². The van der Waals surface area contributed by atoms with E-state index in [2.05, 4.69) is 11.6 Å². The van der Waals surface area contributed by atoms with E-state index in [1.54, 1.807) is 24.3 Å². The van der Waals surface area contributed by atoms with Gasteiger partial charge in [-0.3, -0.25) is 0 Å². The zero-order valence-corrected chi connectivity index (χ0v) is 12.6. The van der Waals surface area contributed by atoms with Gasteiger partial charge in [-0.25, -0.2) is 9.78 Å². The molecule has 5 heteroatoms. The number of aromatic nitrogens is 1. The molecule has 1 aromatic carbocycles. The third-order valence-electron chi connectivity index (χ3n) is 2.66. The van der Waals surface area contributed by atoms with E-state index in [1.165, 1.54) is 24.7 Å². The smallest absolute Gasteiger partial charge is 0.347 e. The quantitative estimate of drug-likeness (QED) is 0.278. The van der Waals surface area contributed by atoms with Gasteiger partial charge in [0.25, 0.3) is 0 Å². The summed E-state index contributed by atoms with van der Waals surface area (Å²) in [6, 6.07) is 8.85. The summed E-state index contributed by atoms with van der Waals surface area (Å²) >= 11 is 1.49. The van der Waals surface area contributed by atoms with Crippen LogP contribution in [-0.4, -0.2) is 18.1 Å². The van der Waals surface area contributed by atoms with Gasteiger partial charge in [-0.05, 0) is 19.1 Å². The molecule has 21 heavy (non-hydrogen) atoms. The van der Waals surface area contributed by atoms with Gasteiger partial charge in [0.05, 0.1) is 24.1 Å². The minimum Gasteiger partial charge on any atom is -0.503 e. The number of hydrogen-bond acceptors (Lipinski definition) is 5. The van der Waals surface area contributed by atoms with Crippen LogP contribution >= 0.6 is 11.3 Å².